The van der Waals surface area contributed by atoms with Gasteiger partial charge in [-0.05, 0) is 20.8 Å². The number of carbonyl (C=O) groups excluding carboxylic acids is 1. The van der Waals surface area contributed by atoms with Crippen molar-refractivity contribution in [3.63, 3.8) is 0 Å². The van der Waals surface area contributed by atoms with Gasteiger partial charge in [0.2, 0.25) is 0 Å². The summed E-state index contributed by atoms with van der Waals surface area (Å²) in [5.41, 5.74) is 3.06. The fraction of sp³-hybridized carbons (Fsp3) is 0.222. The number of carbonyl (C=O) groups is 1. The summed E-state index contributed by atoms with van der Waals surface area (Å²) in [7, 11) is 0. The van der Waals surface area contributed by atoms with Gasteiger partial charge in [0.05, 0.1) is 23.6 Å². The lowest BCUT2D eigenvalue weighted by Gasteiger charge is -2.19. The van der Waals surface area contributed by atoms with Gasteiger partial charge in [-0.3, -0.25) is 5.10 Å². The molecule has 0 saturated heterocycles. The summed E-state index contributed by atoms with van der Waals surface area (Å²) in [5.74, 6) is 0.327. The van der Waals surface area contributed by atoms with E-state index in [0.29, 0.717) is 22.6 Å². The number of ether oxygens (including phenoxy) is 1. The highest BCUT2D eigenvalue weighted by molar-refractivity contribution is 5.93. The number of nitrogens with one attached hydrogen (secondary N) is 3. The van der Waals surface area contributed by atoms with E-state index in [1.807, 2.05) is 39.0 Å². The summed E-state index contributed by atoms with van der Waals surface area (Å²) in [4.78, 5) is 24.0. The first-order chi connectivity index (χ1) is 12.4. The molecule has 0 unspecified atom stereocenters. The minimum absolute atomic E-state index is 0.327. The monoisotopic (exact) mass is 350 g/mol. The lowest BCUT2D eigenvalue weighted by Crippen LogP contribution is -2.42. The molecule has 3 aromatic heterocycles. The predicted octanol–water partition coefficient (Wildman–Crippen LogP) is 3.39. The molecule has 0 aliphatic heterocycles. The second kappa shape index (κ2) is 5.83. The fourth-order valence-corrected chi connectivity index (χ4v) is 2.69. The number of H-pyrrole nitrogens is 2. The second-order valence-electron chi connectivity index (χ2n) is 7.01. The Morgan fingerprint density at radius 2 is 2.08 bits per heavy atom. The van der Waals surface area contributed by atoms with Crippen molar-refractivity contribution < 1.29 is 9.53 Å². The topological polar surface area (TPSA) is 109 Å². The average molecular weight is 350 g/mol. The van der Waals surface area contributed by atoms with Gasteiger partial charge in [-0.1, -0.05) is 18.2 Å². The van der Waals surface area contributed by atoms with E-state index in [1.54, 1.807) is 18.6 Å². The van der Waals surface area contributed by atoms with Crippen molar-refractivity contribution in [2.45, 2.75) is 26.3 Å². The smallest absolute Gasteiger partial charge is 0.406 e. The number of rotatable bonds is 2. The highest BCUT2D eigenvalue weighted by atomic mass is 16.6. The van der Waals surface area contributed by atoms with Crippen molar-refractivity contribution in [3.8, 4) is 17.0 Å². The molecule has 8 heteroatoms. The minimum atomic E-state index is -0.540. The van der Waals surface area contributed by atoms with Gasteiger partial charge in [0.25, 0.3) is 0 Å². The Morgan fingerprint density at radius 3 is 2.88 bits per heavy atom. The molecule has 3 N–H and O–H groups in total. The number of para-hydroxylation sites is 1. The zero-order valence-corrected chi connectivity index (χ0v) is 14.6. The lowest BCUT2D eigenvalue weighted by molar-refractivity contribution is 0.191. The van der Waals surface area contributed by atoms with Crippen molar-refractivity contribution in [1.29, 1.82) is 0 Å². The number of hydrogen-bond acceptors (Lipinski definition) is 5. The van der Waals surface area contributed by atoms with Crippen molar-refractivity contribution in [2.75, 3.05) is 0 Å². The maximum absolute atomic E-state index is 12.1. The normalized spacial score (nSPS) is 11.8. The number of benzene rings is 1. The van der Waals surface area contributed by atoms with Crippen LogP contribution in [0.1, 0.15) is 20.8 Å². The van der Waals surface area contributed by atoms with E-state index in [4.69, 9.17) is 4.74 Å². The first-order valence-corrected chi connectivity index (χ1v) is 8.17. The van der Waals surface area contributed by atoms with Crippen LogP contribution in [0.15, 0.2) is 36.8 Å². The van der Waals surface area contributed by atoms with Gasteiger partial charge in [-0.2, -0.15) is 5.10 Å². The van der Waals surface area contributed by atoms with Crippen LogP contribution in [0.5, 0.6) is 5.75 Å². The highest BCUT2D eigenvalue weighted by Gasteiger charge is 2.18. The van der Waals surface area contributed by atoms with Crippen molar-refractivity contribution in [1.82, 2.24) is 30.5 Å². The zero-order valence-electron chi connectivity index (χ0n) is 14.6. The maximum Gasteiger partial charge on any atom is 0.413 e. The van der Waals surface area contributed by atoms with Crippen LogP contribution in [0.4, 0.5) is 4.79 Å². The summed E-state index contributed by atoms with van der Waals surface area (Å²) in [6, 6.07) is 5.84. The molecule has 0 radical (unpaired) electrons. The van der Waals surface area contributed by atoms with Crippen LogP contribution < -0.4 is 10.1 Å². The van der Waals surface area contributed by atoms with Crippen molar-refractivity contribution in [3.05, 3.63) is 36.8 Å². The molecular weight excluding hydrogens is 332 g/mol. The molecule has 1 amide bonds. The summed E-state index contributed by atoms with van der Waals surface area (Å²) >= 11 is 0. The van der Waals surface area contributed by atoms with Crippen LogP contribution in [-0.2, 0) is 0 Å². The second-order valence-corrected chi connectivity index (χ2v) is 7.01. The van der Waals surface area contributed by atoms with Gasteiger partial charge in [-0.25, -0.2) is 14.8 Å². The summed E-state index contributed by atoms with van der Waals surface area (Å²) in [6.45, 7) is 5.64. The zero-order chi connectivity index (χ0) is 18.3. The van der Waals surface area contributed by atoms with Crippen LogP contribution in [0.25, 0.3) is 33.3 Å². The average Bonchev–Trinajstić information content (AvgIpc) is 3.19. The first-order valence-electron chi connectivity index (χ1n) is 8.17. The third-order valence-corrected chi connectivity index (χ3v) is 3.78. The van der Waals surface area contributed by atoms with Gasteiger partial charge in [0.15, 0.2) is 16.9 Å². The Bertz CT molecular complexity index is 1110. The van der Waals surface area contributed by atoms with E-state index in [-0.39, 0.29) is 0 Å². The van der Waals surface area contributed by atoms with Gasteiger partial charge in [-0.15, -0.1) is 0 Å². The standard InChI is InChI=1S/C18H18N6O2/c1-18(2,3)23-17(25)26-13-9-20-16-15(13)22-12(8-19-16)11-6-4-5-10-7-21-24-14(10)11/h4-9H,1-3H3,(H,19,20)(H,21,24)(H,23,25). The SMILES string of the molecule is CC(C)(C)NC(=O)Oc1c[nH]c2ncc(-c3cccc4cn[nH]c34)nc12. The van der Waals surface area contributed by atoms with E-state index in [1.165, 1.54) is 0 Å². The largest absolute Gasteiger partial charge is 0.413 e. The minimum Gasteiger partial charge on any atom is -0.406 e. The van der Waals surface area contributed by atoms with E-state index in [9.17, 15) is 4.79 Å². The molecule has 4 rings (SSSR count). The van der Waals surface area contributed by atoms with Gasteiger partial charge >= 0.3 is 6.09 Å². The number of aromatic nitrogens is 5. The molecule has 0 bridgehead atoms. The summed E-state index contributed by atoms with van der Waals surface area (Å²) in [5, 5.41) is 10.8. The van der Waals surface area contributed by atoms with Gasteiger partial charge < -0.3 is 15.0 Å². The van der Waals surface area contributed by atoms with Crippen molar-refractivity contribution in [2.24, 2.45) is 0 Å². The fourth-order valence-electron chi connectivity index (χ4n) is 2.69. The number of fused-ring (bicyclic) bond motifs is 2. The maximum atomic E-state index is 12.1. The van der Waals surface area contributed by atoms with E-state index in [2.05, 4.69) is 30.5 Å². The van der Waals surface area contributed by atoms with Crippen LogP contribution in [-0.4, -0.2) is 36.8 Å². The molecule has 132 valence electrons. The predicted molar refractivity (Wildman–Crippen MR) is 97.9 cm³/mol. The van der Waals surface area contributed by atoms with E-state index < -0.39 is 11.6 Å². The molecule has 0 saturated carbocycles. The van der Waals surface area contributed by atoms with Crippen molar-refractivity contribution >= 4 is 28.2 Å². The Kier molecular flexibility index (Phi) is 3.61. The molecule has 26 heavy (non-hydrogen) atoms. The molecule has 0 aliphatic rings. The molecule has 8 nitrogen and oxygen atoms in total. The molecule has 0 atom stereocenters. The first kappa shape index (κ1) is 16.1. The summed E-state index contributed by atoms with van der Waals surface area (Å²) in [6.07, 6.45) is 4.47. The Balaban J connectivity index is 1.73. The van der Waals surface area contributed by atoms with Crippen LogP contribution in [0, 0.1) is 0 Å². The number of amides is 1. The summed E-state index contributed by atoms with van der Waals surface area (Å²) < 4.78 is 5.40. The van der Waals surface area contributed by atoms with E-state index in [0.717, 1.165) is 16.5 Å². The molecule has 0 spiro atoms. The quantitative estimate of drug-likeness (QED) is 0.513. The Labute approximate surface area is 149 Å². The molecule has 3 heterocycles. The Hall–Kier alpha value is -3.42. The van der Waals surface area contributed by atoms with E-state index >= 15 is 0 Å². The number of nitrogens with zero attached hydrogens (tertiary/aromatic N) is 3. The highest BCUT2D eigenvalue weighted by Crippen LogP contribution is 2.29. The molecule has 1 aromatic carbocycles. The number of hydrogen-bond donors (Lipinski definition) is 3. The number of aromatic amines is 2. The molecular formula is C18H18N6O2. The molecule has 0 aliphatic carbocycles. The van der Waals surface area contributed by atoms with Crippen LogP contribution in [0.2, 0.25) is 0 Å². The van der Waals surface area contributed by atoms with Gasteiger partial charge in [0.1, 0.15) is 0 Å². The molecule has 0 fully saturated rings. The van der Waals surface area contributed by atoms with Crippen LogP contribution >= 0.6 is 0 Å². The third kappa shape index (κ3) is 2.97. The van der Waals surface area contributed by atoms with Gasteiger partial charge in [0, 0.05) is 22.7 Å². The Morgan fingerprint density at radius 1 is 1.23 bits per heavy atom. The van der Waals surface area contributed by atoms with Crippen LogP contribution in [0.3, 0.4) is 0 Å². The third-order valence-electron chi connectivity index (χ3n) is 3.78. The lowest BCUT2D eigenvalue weighted by atomic mass is 10.1. The molecule has 4 aromatic rings.